The van der Waals surface area contributed by atoms with E-state index in [1.807, 2.05) is 48.5 Å². The van der Waals surface area contributed by atoms with Crippen LogP contribution in [0, 0.1) is 0 Å². The number of amides is 1. The van der Waals surface area contributed by atoms with Crippen molar-refractivity contribution in [3.8, 4) is 11.5 Å². The Labute approximate surface area is 297 Å². The Kier molecular flexibility index (Phi) is 17.2. The molecule has 1 N–H and O–H groups in total. The fourth-order valence-corrected chi connectivity index (χ4v) is 4.77. The van der Waals surface area contributed by atoms with Crippen molar-refractivity contribution in [1.29, 1.82) is 0 Å². The molecule has 0 spiro atoms. The molecule has 49 heavy (non-hydrogen) atoms. The SMILES string of the molecule is C=CC(=O)OCCCCCOc1ccc(/C=C/C(=O)Nc2cc(Cl)c(/N=C/c3ccc(OCCCCCOC(=O)C=C)cc3)c(Cl)c2)cc1. The molecular formula is C38H40Cl2N2O7. The number of esters is 2. The molecule has 0 aliphatic carbocycles. The van der Waals surface area contributed by atoms with E-state index in [9.17, 15) is 14.4 Å². The molecule has 3 aromatic carbocycles. The van der Waals surface area contributed by atoms with E-state index in [0.29, 0.717) is 37.8 Å². The van der Waals surface area contributed by atoms with Crippen LogP contribution in [0.15, 0.2) is 97.0 Å². The summed E-state index contributed by atoms with van der Waals surface area (Å²) in [5.74, 6) is 0.291. The van der Waals surface area contributed by atoms with Crippen LogP contribution in [0.5, 0.6) is 11.5 Å². The van der Waals surface area contributed by atoms with Crippen molar-refractivity contribution in [3.05, 3.63) is 113 Å². The van der Waals surface area contributed by atoms with Crippen LogP contribution >= 0.6 is 23.2 Å². The molecule has 0 unspecified atom stereocenters. The lowest BCUT2D eigenvalue weighted by atomic mass is 10.2. The van der Waals surface area contributed by atoms with Crippen LogP contribution in [0.3, 0.4) is 0 Å². The summed E-state index contributed by atoms with van der Waals surface area (Å²) in [5, 5.41) is 3.34. The summed E-state index contributed by atoms with van der Waals surface area (Å²) in [6.45, 7) is 8.57. The number of benzene rings is 3. The van der Waals surface area contributed by atoms with Crippen LogP contribution in [0.25, 0.3) is 6.08 Å². The van der Waals surface area contributed by atoms with E-state index in [0.717, 1.165) is 73.3 Å². The average Bonchev–Trinajstić information content (AvgIpc) is 3.10. The van der Waals surface area contributed by atoms with E-state index < -0.39 is 11.9 Å². The van der Waals surface area contributed by atoms with E-state index in [1.165, 1.54) is 6.08 Å². The minimum atomic E-state index is -0.411. The predicted octanol–water partition coefficient (Wildman–Crippen LogP) is 8.95. The maximum atomic E-state index is 12.6. The molecule has 0 atom stereocenters. The minimum absolute atomic E-state index is 0.286. The second-order valence-electron chi connectivity index (χ2n) is 10.6. The zero-order chi connectivity index (χ0) is 35.3. The first kappa shape index (κ1) is 38.6. The molecule has 0 saturated heterocycles. The molecule has 1 amide bonds. The lowest BCUT2D eigenvalue weighted by Crippen LogP contribution is -2.07. The number of aliphatic imine (C=N–C) groups is 1. The first-order chi connectivity index (χ1) is 23.8. The van der Waals surface area contributed by atoms with Crippen molar-refractivity contribution in [2.45, 2.75) is 38.5 Å². The van der Waals surface area contributed by atoms with Crippen LogP contribution in [-0.4, -0.2) is 50.5 Å². The Bertz CT molecular complexity index is 1580. The molecular weight excluding hydrogens is 667 g/mol. The number of unbranched alkanes of at least 4 members (excludes halogenated alkanes) is 4. The third-order valence-corrected chi connectivity index (χ3v) is 7.33. The fourth-order valence-electron chi connectivity index (χ4n) is 4.19. The fraction of sp³-hybridized carbons (Fsp3) is 0.263. The van der Waals surface area contributed by atoms with Crippen molar-refractivity contribution in [1.82, 2.24) is 0 Å². The molecule has 0 bridgehead atoms. The second kappa shape index (κ2) is 21.9. The number of halogens is 2. The van der Waals surface area contributed by atoms with Gasteiger partial charge in [0, 0.05) is 30.1 Å². The molecule has 9 nitrogen and oxygen atoms in total. The van der Waals surface area contributed by atoms with Crippen molar-refractivity contribution in [3.63, 3.8) is 0 Å². The molecule has 258 valence electrons. The van der Waals surface area contributed by atoms with Crippen LogP contribution in [-0.2, 0) is 23.9 Å². The quantitative estimate of drug-likeness (QED) is 0.0509. The largest absolute Gasteiger partial charge is 0.494 e. The van der Waals surface area contributed by atoms with Gasteiger partial charge in [0.25, 0.3) is 0 Å². The standard InChI is InChI=1S/C38H40Cl2N2O7/c1-3-36(44)48-23-9-5-7-21-46-31-16-11-28(12-17-31)15-20-35(43)42-30-25-33(39)38(34(40)26-30)41-27-29-13-18-32(19-14-29)47-22-8-6-10-24-49-37(45)4-2/h3-4,11-20,25-27H,1-2,5-10,21-24H2,(H,42,43)/b20-15+,41-27+. The summed E-state index contributed by atoms with van der Waals surface area (Å²) in [6, 6.07) is 18.0. The van der Waals surface area contributed by atoms with Gasteiger partial charge in [-0.05, 0) is 104 Å². The number of hydrogen-bond acceptors (Lipinski definition) is 8. The van der Waals surface area contributed by atoms with Gasteiger partial charge in [-0.25, -0.2) is 9.59 Å². The maximum absolute atomic E-state index is 12.6. The van der Waals surface area contributed by atoms with Crippen molar-refractivity contribution in [2.24, 2.45) is 4.99 Å². The first-order valence-corrected chi connectivity index (χ1v) is 16.6. The summed E-state index contributed by atoms with van der Waals surface area (Å²) < 4.78 is 21.4. The zero-order valence-corrected chi connectivity index (χ0v) is 28.7. The number of nitrogens with one attached hydrogen (secondary N) is 1. The van der Waals surface area contributed by atoms with Crippen molar-refractivity contribution < 1.29 is 33.3 Å². The third kappa shape index (κ3) is 15.3. The van der Waals surface area contributed by atoms with Gasteiger partial charge < -0.3 is 24.3 Å². The molecule has 0 fully saturated rings. The molecule has 0 heterocycles. The van der Waals surface area contributed by atoms with Gasteiger partial charge >= 0.3 is 11.9 Å². The molecule has 0 radical (unpaired) electrons. The first-order valence-electron chi connectivity index (χ1n) is 15.8. The molecule has 0 saturated carbocycles. The van der Waals surface area contributed by atoms with Gasteiger partial charge in [-0.3, -0.25) is 9.79 Å². The lowest BCUT2D eigenvalue weighted by molar-refractivity contribution is -0.138. The number of carbonyl (C=O) groups excluding carboxylic acids is 3. The molecule has 11 heteroatoms. The summed E-state index contributed by atoms with van der Waals surface area (Å²) in [6.07, 6.45) is 12.0. The number of rotatable bonds is 21. The van der Waals surface area contributed by atoms with E-state index in [-0.39, 0.29) is 16.0 Å². The normalized spacial score (nSPS) is 10.9. The number of anilines is 1. The summed E-state index contributed by atoms with van der Waals surface area (Å²) in [7, 11) is 0. The summed E-state index contributed by atoms with van der Waals surface area (Å²) >= 11 is 12.9. The summed E-state index contributed by atoms with van der Waals surface area (Å²) in [5.41, 5.74) is 2.47. The Morgan fingerprint density at radius 2 is 1.14 bits per heavy atom. The number of carbonyl (C=O) groups is 3. The predicted molar refractivity (Wildman–Crippen MR) is 195 cm³/mol. The highest BCUT2D eigenvalue weighted by atomic mass is 35.5. The third-order valence-electron chi connectivity index (χ3n) is 6.75. The molecule has 0 aliphatic rings. The highest BCUT2D eigenvalue weighted by Gasteiger charge is 2.09. The van der Waals surface area contributed by atoms with E-state index in [2.05, 4.69) is 23.5 Å². The van der Waals surface area contributed by atoms with Gasteiger partial charge in [-0.15, -0.1) is 0 Å². The van der Waals surface area contributed by atoms with Gasteiger partial charge in [0.2, 0.25) is 5.91 Å². The molecule has 0 aromatic heterocycles. The van der Waals surface area contributed by atoms with E-state index >= 15 is 0 Å². The van der Waals surface area contributed by atoms with Gasteiger partial charge in [0.05, 0.1) is 36.5 Å². The van der Waals surface area contributed by atoms with Crippen LogP contribution in [0.4, 0.5) is 11.4 Å². The Morgan fingerprint density at radius 3 is 1.63 bits per heavy atom. The zero-order valence-electron chi connectivity index (χ0n) is 27.2. The van der Waals surface area contributed by atoms with Crippen LogP contribution < -0.4 is 14.8 Å². The molecule has 0 aliphatic heterocycles. The Morgan fingerprint density at radius 1 is 0.673 bits per heavy atom. The van der Waals surface area contributed by atoms with Gasteiger partial charge in [0.1, 0.15) is 17.2 Å². The Hall–Kier alpha value is -4.86. The van der Waals surface area contributed by atoms with Crippen LogP contribution in [0.1, 0.15) is 49.7 Å². The number of nitrogens with zero attached hydrogens (tertiary/aromatic N) is 1. The lowest BCUT2D eigenvalue weighted by Gasteiger charge is -2.08. The number of hydrogen-bond donors (Lipinski definition) is 1. The smallest absolute Gasteiger partial charge is 0.330 e. The van der Waals surface area contributed by atoms with Gasteiger partial charge in [-0.1, -0.05) is 48.5 Å². The topological polar surface area (TPSA) is 113 Å². The van der Waals surface area contributed by atoms with Crippen molar-refractivity contribution >= 4 is 64.7 Å². The maximum Gasteiger partial charge on any atom is 0.330 e. The van der Waals surface area contributed by atoms with Crippen molar-refractivity contribution in [2.75, 3.05) is 31.7 Å². The average molecular weight is 708 g/mol. The monoisotopic (exact) mass is 706 g/mol. The minimum Gasteiger partial charge on any atom is -0.494 e. The van der Waals surface area contributed by atoms with Gasteiger partial charge in [0.15, 0.2) is 0 Å². The van der Waals surface area contributed by atoms with Gasteiger partial charge in [-0.2, -0.15) is 0 Å². The highest BCUT2D eigenvalue weighted by molar-refractivity contribution is 6.39. The number of ether oxygens (including phenoxy) is 4. The highest BCUT2D eigenvalue weighted by Crippen LogP contribution is 2.36. The van der Waals surface area contributed by atoms with E-state index in [1.54, 1.807) is 24.4 Å². The van der Waals surface area contributed by atoms with Crippen LogP contribution in [0.2, 0.25) is 10.0 Å². The summed E-state index contributed by atoms with van der Waals surface area (Å²) in [4.78, 5) is 39.0. The molecule has 3 aromatic rings. The Balaban J connectivity index is 1.40. The molecule has 3 rings (SSSR count). The second-order valence-corrected chi connectivity index (χ2v) is 11.4. The van der Waals surface area contributed by atoms with E-state index in [4.69, 9.17) is 42.1 Å².